The van der Waals surface area contributed by atoms with E-state index in [0.29, 0.717) is 36.7 Å². The number of pyridine rings is 1. The molecule has 1 unspecified atom stereocenters. The zero-order valence-electron chi connectivity index (χ0n) is 15.7. The number of aromatic nitrogens is 3. The number of thioether (sulfide) groups is 1. The van der Waals surface area contributed by atoms with Gasteiger partial charge in [0.1, 0.15) is 12.2 Å². The van der Waals surface area contributed by atoms with Crippen LogP contribution in [0.4, 0.5) is 0 Å². The Kier molecular flexibility index (Phi) is 4.51. The average molecular weight is 409 g/mol. The summed E-state index contributed by atoms with van der Waals surface area (Å²) < 4.78 is 7.48. The van der Waals surface area contributed by atoms with Crippen LogP contribution in [0.1, 0.15) is 35.7 Å². The van der Waals surface area contributed by atoms with Crippen molar-refractivity contribution in [3.63, 3.8) is 0 Å². The van der Waals surface area contributed by atoms with Crippen molar-refractivity contribution in [3.8, 4) is 11.9 Å². The van der Waals surface area contributed by atoms with Crippen LogP contribution in [-0.4, -0.2) is 50.3 Å². The van der Waals surface area contributed by atoms with E-state index in [1.807, 2.05) is 6.07 Å². The van der Waals surface area contributed by atoms with Crippen molar-refractivity contribution in [2.24, 2.45) is 0 Å². The number of rotatable bonds is 4. The number of fused-ring (bicyclic) bond motifs is 2. The Morgan fingerprint density at radius 3 is 2.97 bits per heavy atom. The summed E-state index contributed by atoms with van der Waals surface area (Å²) in [5.74, 6) is 1.19. The number of ether oxygens (including phenoxy) is 1. The van der Waals surface area contributed by atoms with Crippen molar-refractivity contribution in [2.75, 3.05) is 18.8 Å². The van der Waals surface area contributed by atoms with Gasteiger partial charge in [-0.05, 0) is 25.3 Å². The molecule has 4 heterocycles. The molecule has 0 spiro atoms. The van der Waals surface area contributed by atoms with Crippen molar-refractivity contribution in [1.29, 1.82) is 5.26 Å². The van der Waals surface area contributed by atoms with Gasteiger partial charge in [-0.1, -0.05) is 11.8 Å². The smallest absolute Gasteiger partial charge is 0.257 e. The van der Waals surface area contributed by atoms with Crippen LogP contribution in [0.25, 0.3) is 0 Å². The van der Waals surface area contributed by atoms with E-state index in [0.717, 1.165) is 35.7 Å². The normalized spacial score (nSPS) is 20.0. The summed E-state index contributed by atoms with van der Waals surface area (Å²) in [6, 6.07) is 5.20. The van der Waals surface area contributed by atoms with E-state index in [4.69, 9.17) is 10.00 Å². The van der Waals surface area contributed by atoms with Gasteiger partial charge < -0.3 is 9.64 Å². The van der Waals surface area contributed by atoms with Gasteiger partial charge in [0.25, 0.3) is 5.56 Å². The number of carbonyl (C=O) groups excluding carboxylic acids is 1. The van der Waals surface area contributed by atoms with Gasteiger partial charge in [-0.2, -0.15) is 5.26 Å². The summed E-state index contributed by atoms with van der Waals surface area (Å²) in [4.78, 5) is 36.0. The highest BCUT2D eigenvalue weighted by Crippen LogP contribution is 2.34. The fourth-order valence-electron chi connectivity index (χ4n) is 4.04. The van der Waals surface area contributed by atoms with Gasteiger partial charge in [-0.25, -0.2) is 9.97 Å². The molecule has 1 amide bonds. The fraction of sp³-hybridized carbons (Fsp3) is 0.450. The summed E-state index contributed by atoms with van der Waals surface area (Å²) in [5, 5.41) is 9.56. The van der Waals surface area contributed by atoms with Gasteiger partial charge in [-0.3, -0.25) is 14.2 Å². The molecule has 9 heteroatoms. The van der Waals surface area contributed by atoms with Crippen LogP contribution < -0.4 is 10.3 Å². The third-order valence-electron chi connectivity index (χ3n) is 5.64. The molecule has 1 aliphatic carbocycles. The van der Waals surface area contributed by atoms with Gasteiger partial charge in [-0.15, -0.1) is 0 Å². The molecule has 5 rings (SSSR count). The summed E-state index contributed by atoms with van der Waals surface area (Å²) in [6.45, 7) is 1.01. The maximum Gasteiger partial charge on any atom is 0.257 e. The predicted molar refractivity (Wildman–Crippen MR) is 105 cm³/mol. The van der Waals surface area contributed by atoms with E-state index in [2.05, 4.69) is 9.97 Å². The monoisotopic (exact) mass is 409 g/mol. The summed E-state index contributed by atoms with van der Waals surface area (Å²) in [5.41, 5.74) is 2.30. The molecule has 1 saturated heterocycles. The molecule has 2 aromatic heterocycles. The maximum atomic E-state index is 12.8. The summed E-state index contributed by atoms with van der Waals surface area (Å²) >= 11 is 1.57. The molecule has 0 N–H and O–H groups in total. The van der Waals surface area contributed by atoms with E-state index < -0.39 is 0 Å². The Morgan fingerprint density at radius 2 is 2.21 bits per heavy atom. The molecule has 2 aromatic rings. The van der Waals surface area contributed by atoms with Gasteiger partial charge in [0.2, 0.25) is 11.8 Å². The van der Waals surface area contributed by atoms with Crippen LogP contribution in [0, 0.1) is 11.3 Å². The second-order valence-corrected chi connectivity index (χ2v) is 8.54. The minimum Gasteiger partial charge on any atom is -0.471 e. The third-order valence-corrected chi connectivity index (χ3v) is 6.73. The highest BCUT2D eigenvalue weighted by molar-refractivity contribution is 7.99. The third kappa shape index (κ3) is 3.27. The van der Waals surface area contributed by atoms with Crippen LogP contribution in [-0.2, 0) is 17.6 Å². The van der Waals surface area contributed by atoms with E-state index in [1.165, 1.54) is 6.20 Å². The minimum atomic E-state index is -0.131. The number of hydrogen-bond acceptors (Lipinski definition) is 7. The second-order valence-electron chi connectivity index (χ2n) is 7.55. The highest BCUT2D eigenvalue weighted by atomic mass is 32.2. The molecule has 2 aliphatic heterocycles. The van der Waals surface area contributed by atoms with Gasteiger partial charge >= 0.3 is 0 Å². The summed E-state index contributed by atoms with van der Waals surface area (Å²) in [7, 11) is 0. The van der Waals surface area contributed by atoms with Crippen molar-refractivity contribution in [2.45, 2.75) is 43.0 Å². The number of nitrogens with zero attached hydrogens (tertiary/aromatic N) is 5. The number of likely N-dealkylation sites (tertiary alicyclic amines) is 1. The number of aryl methyl sites for hydroxylation is 1. The van der Waals surface area contributed by atoms with E-state index in [-0.39, 0.29) is 23.6 Å². The molecule has 0 saturated carbocycles. The first-order chi connectivity index (χ1) is 14.1. The molecule has 0 aromatic carbocycles. The molecule has 148 valence electrons. The molecule has 1 atom stereocenters. The quantitative estimate of drug-likeness (QED) is 0.702. The number of nitriles is 1. The van der Waals surface area contributed by atoms with Crippen LogP contribution in [0.2, 0.25) is 0 Å². The summed E-state index contributed by atoms with van der Waals surface area (Å²) in [6.07, 6.45) is 4.33. The Morgan fingerprint density at radius 1 is 1.34 bits per heavy atom. The fourth-order valence-corrected chi connectivity index (χ4v) is 5.19. The Balaban J connectivity index is 1.19. The maximum absolute atomic E-state index is 12.8. The van der Waals surface area contributed by atoms with Crippen molar-refractivity contribution < 1.29 is 9.53 Å². The Labute approximate surface area is 171 Å². The highest BCUT2D eigenvalue weighted by Gasteiger charge is 2.36. The Bertz CT molecular complexity index is 1070. The standard InChI is InChI=1S/C20H19N5O3S/c21-7-12-4-5-17(22-8-12)28-14-9-24(10-14)18(26)6-13-11-29-20-23-16-3-1-2-15(16)19(27)25(13)20/h4-5,8,13-14H,1-3,6,9-11H2. The van der Waals surface area contributed by atoms with Gasteiger partial charge in [0.15, 0.2) is 5.16 Å². The second kappa shape index (κ2) is 7.19. The molecule has 1 fully saturated rings. The zero-order valence-corrected chi connectivity index (χ0v) is 16.5. The van der Waals surface area contributed by atoms with Gasteiger partial charge in [0.05, 0.1) is 30.4 Å². The van der Waals surface area contributed by atoms with Crippen LogP contribution in [0.5, 0.6) is 5.88 Å². The van der Waals surface area contributed by atoms with Crippen molar-refractivity contribution >= 4 is 17.7 Å². The molecular formula is C20H19N5O3S. The number of hydrogen-bond donors (Lipinski definition) is 0. The first kappa shape index (κ1) is 18.2. The largest absolute Gasteiger partial charge is 0.471 e. The lowest BCUT2D eigenvalue weighted by Crippen LogP contribution is -2.56. The lowest BCUT2D eigenvalue weighted by atomic mass is 10.1. The van der Waals surface area contributed by atoms with Gasteiger partial charge in [0, 0.05) is 30.0 Å². The molecular weight excluding hydrogens is 390 g/mol. The van der Waals surface area contributed by atoms with E-state index in [9.17, 15) is 9.59 Å². The van der Waals surface area contributed by atoms with Crippen molar-refractivity contribution in [1.82, 2.24) is 19.4 Å². The average Bonchev–Trinajstić information content (AvgIpc) is 3.32. The Hall–Kier alpha value is -2.86. The predicted octanol–water partition coefficient (Wildman–Crippen LogP) is 1.33. The van der Waals surface area contributed by atoms with Crippen LogP contribution in [0.15, 0.2) is 28.3 Å². The molecule has 3 aliphatic rings. The zero-order chi connectivity index (χ0) is 20.0. The SMILES string of the molecule is N#Cc1ccc(OC2CN(C(=O)CC3CSc4nc5c(c(=O)n43)CCC5)C2)nc1. The molecule has 0 bridgehead atoms. The lowest BCUT2D eigenvalue weighted by Gasteiger charge is -2.39. The topological polar surface area (TPSA) is 101 Å². The molecule has 0 radical (unpaired) electrons. The minimum absolute atomic E-state index is 0.0310. The number of carbonyl (C=O) groups is 1. The first-order valence-corrected chi connectivity index (χ1v) is 10.7. The number of amides is 1. The molecule has 29 heavy (non-hydrogen) atoms. The molecule has 8 nitrogen and oxygen atoms in total. The van der Waals surface area contributed by atoms with Crippen LogP contribution in [0.3, 0.4) is 0 Å². The van der Waals surface area contributed by atoms with E-state index >= 15 is 0 Å². The van der Waals surface area contributed by atoms with Crippen LogP contribution >= 0.6 is 11.8 Å². The lowest BCUT2D eigenvalue weighted by molar-refractivity contribution is -0.140. The van der Waals surface area contributed by atoms with E-state index in [1.54, 1.807) is 33.4 Å². The van der Waals surface area contributed by atoms with Crippen molar-refractivity contribution in [3.05, 3.63) is 45.5 Å². The first-order valence-electron chi connectivity index (χ1n) is 9.70.